The Hall–Kier alpha value is -3.75. The molecule has 0 bridgehead atoms. The summed E-state index contributed by atoms with van der Waals surface area (Å²) >= 11 is 3.53. The molecule has 0 aliphatic carbocycles. The van der Waals surface area contributed by atoms with Gasteiger partial charge in [0, 0.05) is 22.0 Å². The van der Waals surface area contributed by atoms with Crippen molar-refractivity contribution >= 4 is 43.9 Å². The molecule has 0 radical (unpaired) electrons. The van der Waals surface area contributed by atoms with Gasteiger partial charge in [0.1, 0.15) is 16.9 Å². The van der Waals surface area contributed by atoms with E-state index in [1.54, 1.807) is 4.57 Å². The van der Waals surface area contributed by atoms with E-state index in [-0.39, 0.29) is 23.0 Å². The van der Waals surface area contributed by atoms with Crippen LogP contribution in [-0.2, 0) is 6.54 Å². The number of nitrogens with zero attached hydrogens (tertiary/aromatic N) is 3. The number of carbonyl (C=O) groups is 1. The summed E-state index contributed by atoms with van der Waals surface area (Å²) in [6, 6.07) is 22.5. The minimum absolute atomic E-state index is 0.0524. The first-order valence-electron chi connectivity index (χ1n) is 13.5. The van der Waals surface area contributed by atoms with E-state index in [1.165, 1.54) is 0 Å². The van der Waals surface area contributed by atoms with Crippen LogP contribution >= 0.6 is 15.9 Å². The van der Waals surface area contributed by atoms with Gasteiger partial charge in [0.25, 0.3) is 11.5 Å². The number of carbonyl (C=O) groups excluding carboxylic acids is 1. The summed E-state index contributed by atoms with van der Waals surface area (Å²) in [4.78, 5) is 35.1. The van der Waals surface area contributed by atoms with Gasteiger partial charge >= 0.3 is 0 Å². The van der Waals surface area contributed by atoms with Crippen molar-refractivity contribution in [2.24, 2.45) is 11.7 Å². The standard InChI is InChI=1S/C32H33BrN4O3/c1-20(2)28(36(17-7-16-34)31(38)23-12-10-21(3)11-13-23)30-35-27-25-18-24(33)14-15-26(25)40-29(27)32(39)37(30)19-22-8-5-4-6-9-22/h4-6,8-15,18,20,28H,7,16-17,19,34H2,1-3H3. The highest BCUT2D eigenvalue weighted by molar-refractivity contribution is 9.10. The molecule has 8 heteroatoms. The number of furan rings is 1. The lowest BCUT2D eigenvalue weighted by Crippen LogP contribution is -2.42. The summed E-state index contributed by atoms with van der Waals surface area (Å²) in [6.07, 6.45) is 0.619. The average molecular weight is 602 g/mol. The van der Waals surface area contributed by atoms with E-state index in [0.29, 0.717) is 48.5 Å². The van der Waals surface area contributed by atoms with Crippen molar-refractivity contribution in [1.29, 1.82) is 0 Å². The lowest BCUT2D eigenvalue weighted by molar-refractivity contribution is 0.0602. The molecule has 2 aromatic heterocycles. The molecule has 40 heavy (non-hydrogen) atoms. The first kappa shape index (κ1) is 27.8. The summed E-state index contributed by atoms with van der Waals surface area (Å²) in [6.45, 7) is 7.26. The molecule has 5 rings (SSSR count). The number of benzene rings is 3. The Morgan fingerprint density at radius 2 is 1.80 bits per heavy atom. The fraction of sp³-hybridized carbons (Fsp3) is 0.281. The zero-order valence-corrected chi connectivity index (χ0v) is 24.5. The molecule has 0 aliphatic heterocycles. The van der Waals surface area contributed by atoms with Gasteiger partial charge in [0.2, 0.25) is 5.58 Å². The van der Waals surface area contributed by atoms with E-state index in [4.69, 9.17) is 15.1 Å². The second kappa shape index (κ2) is 11.8. The second-order valence-electron chi connectivity index (χ2n) is 10.5. The molecule has 0 aliphatic rings. The highest BCUT2D eigenvalue weighted by Crippen LogP contribution is 2.33. The molecule has 0 fully saturated rings. The Balaban J connectivity index is 1.76. The molecule has 7 nitrogen and oxygen atoms in total. The van der Waals surface area contributed by atoms with Crippen molar-refractivity contribution in [3.8, 4) is 0 Å². The number of fused-ring (bicyclic) bond motifs is 3. The molecular formula is C32H33BrN4O3. The van der Waals surface area contributed by atoms with Crippen molar-refractivity contribution in [3.63, 3.8) is 0 Å². The Bertz CT molecular complexity index is 1710. The van der Waals surface area contributed by atoms with E-state index >= 15 is 0 Å². The first-order valence-corrected chi connectivity index (χ1v) is 14.3. The van der Waals surface area contributed by atoms with Crippen LogP contribution in [0.4, 0.5) is 0 Å². The molecule has 0 spiro atoms. The third-order valence-corrected chi connectivity index (χ3v) is 7.64. The smallest absolute Gasteiger partial charge is 0.297 e. The van der Waals surface area contributed by atoms with E-state index in [2.05, 4.69) is 29.8 Å². The maximum absolute atomic E-state index is 14.1. The zero-order valence-electron chi connectivity index (χ0n) is 22.9. The van der Waals surface area contributed by atoms with Crippen LogP contribution in [0.25, 0.3) is 22.1 Å². The van der Waals surface area contributed by atoms with Crippen LogP contribution in [0, 0.1) is 12.8 Å². The van der Waals surface area contributed by atoms with Crippen LogP contribution in [0.5, 0.6) is 0 Å². The topological polar surface area (TPSA) is 94.4 Å². The minimum Gasteiger partial charge on any atom is -0.448 e. The van der Waals surface area contributed by atoms with Crippen molar-refractivity contribution < 1.29 is 9.21 Å². The summed E-state index contributed by atoms with van der Waals surface area (Å²) in [5, 5.41) is 0.746. The predicted octanol–water partition coefficient (Wildman–Crippen LogP) is 6.45. The van der Waals surface area contributed by atoms with Gasteiger partial charge in [0.15, 0.2) is 0 Å². The normalized spacial score (nSPS) is 12.3. The van der Waals surface area contributed by atoms with Crippen molar-refractivity contribution in [1.82, 2.24) is 14.5 Å². The van der Waals surface area contributed by atoms with Crippen LogP contribution in [0.2, 0.25) is 0 Å². The number of aryl methyl sites for hydroxylation is 1. The van der Waals surface area contributed by atoms with Crippen molar-refractivity contribution in [2.45, 2.75) is 39.8 Å². The molecular weight excluding hydrogens is 568 g/mol. The Morgan fingerprint density at radius 3 is 2.48 bits per heavy atom. The lowest BCUT2D eigenvalue weighted by Gasteiger charge is -2.35. The van der Waals surface area contributed by atoms with Gasteiger partial charge in [0.05, 0.1) is 12.6 Å². The van der Waals surface area contributed by atoms with Gasteiger partial charge < -0.3 is 15.1 Å². The van der Waals surface area contributed by atoms with E-state index < -0.39 is 6.04 Å². The average Bonchev–Trinajstić information content (AvgIpc) is 3.31. The van der Waals surface area contributed by atoms with Crippen LogP contribution < -0.4 is 11.3 Å². The number of rotatable bonds is 9. The second-order valence-corrected chi connectivity index (χ2v) is 11.4. The fourth-order valence-corrected chi connectivity index (χ4v) is 5.51. The van der Waals surface area contributed by atoms with Gasteiger partial charge in [-0.1, -0.05) is 77.8 Å². The molecule has 1 unspecified atom stereocenters. The van der Waals surface area contributed by atoms with E-state index in [0.717, 1.165) is 21.0 Å². The SMILES string of the molecule is Cc1ccc(C(=O)N(CCCN)C(c2nc3c(oc4ccc(Br)cc43)c(=O)n2Cc2ccccc2)C(C)C)cc1. The van der Waals surface area contributed by atoms with Gasteiger partial charge in [-0.05, 0) is 61.7 Å². The summed E-state index contributed by atoms with van der Waals surface area (Å²) in [5.74, 6) is 0.354. The van der Waals surface area contributed by atoms with E-state index in [1.807, 2.05) is 84.6 Å². The molecule has 2 N–H and O–H groups in total. The zero-order chi connectivity index (χ0) is 28.4. The summed E-state index contributed by atoms with van der Waals surface area (Å²) in [7, 11) is 0. The third-order valence-electron chi connectivity index (χ3n) is 7.14. The van der Waals surface area contributed by atoms with Gasteiger partial charge in [-0.25, -0.2) is 4.98 Å². The van der Waals surface area contributed by atoms with Gasteiger partial charge in [-0.2, -0.15) is 0 Å². The van der Waals surface area contributed by atoms with Crippen molar-refractivity contribution in [2.75, 3.05) is 13.1 Å². The summed E-state index contributed by atoms with van der Waals surface area (Å²) < 4.78 is 8.58. The largest absolute Gasteiger partial charge is 0.448 e. The number of amides is 1. The Labute approximate surface area is 241 Å². The monoisotopic (exact) mass is 600 g/mol. The highest BCUT2D eigenvalue weighted by atomic mass is 79.9. The number of nitrogens with two attached hydrogens (primary N) is 1. The Morgan fingerprint density at radius 1 is 1.07 bits per heavy atom. The molecule has 0 saturated heterocycles. The molecule has 1 amide bonds. The highest BCUT2D eigenvalue weighted by Gasteiger charge is 2.33. The van der Waals surface area contributed by atoms with Gasteiger partial charge in [-0.15, -0.1) is 0 Å². The molecule has 0 saturated carbocycles. The Kier molecular flexibility index (Phi) is 8.19. The van der Waals surface area contributed by atoms with Crippen molar-refractivity contribution in [3.05, 3.63) is 110 Å². The number of aromatic nitrogens is 2. The molecule has 2 heterocycles. The third kappa shape index (κ3) is 5.46. The predicted molar refractivity (Wildman–Crippen MR) is 162 cm³/mol. The van der Waals surface area contributed by atoms with Gasteiger partial charge in [-0.3, -0.25) is 14.2 Å². The molecule has 1 atom stereocenters. The number of hydrogen-bond donors (Lipinski definition) is 1. The fourth-order valence-electron chi connectivity index (χ4n) is 5.15. The minimum atomic E-state index is -0.488. The molecule has 206 valence electrons. The maximum atomic E-state index is 14.1. The molecule has 3 aromatic carbocycles. The number of halogens is 1. The van der Waals surface area contributed by atoms with Crippen LogP contribution in [0.15, 0.2) is 86.5 Å². The first-order chi connectivity index (χ1) is 19.3. The quantitative estimate of drug-likeness (QED) is 0.210. The summed E-state index contributed by atoms with van der Waals surface area (Å²) in [5.41, 5.74) is 9.54. The van der Waals surface area contributed by atoms with E-state index in [9.17, 15) is 9.59 Å². The van der Waals surface area contributed by atoms with Crippen LogP contribution in [0.3, 0.4) is 0 Å². The maximum Gasteiger partial charge on any atom is 0.297 e. The van der Waals surface area contributed by atoms with Crippen LogP contribution in [0.1, 0.15) is 53.6 Å². The lowest BCUT2D eigenvalue weighted by atomic mass is 9.98. The van der Waals surface area contributed by atoms with Crippen LogP contribution in [-0.4, -0.2) is 33.4 Å². The number of hydrogen-bond acceptors (Lipinski definition) is 5. The molecule has 5 aromatic rings.